The van der Waals surface area contributed by atoms with Gasteiger partial charge in [-0.05, 0) is 18.1 Å². The molecule has 31 heavy (non-hydrogen) atoms. The number of rotatable bonds is 7. The Bertz CT molecular complexity index is 1020. The van der Waals surface area contributed by atoms with Crippen molar-refractivity contribution in [1.82, 2.24) is 14.9 Å². The van der Waals surface area contributed by atoms with Gasteiger partial charge in [-0.25, -0.2) is 13.1 Å². The Morgan fingerprint density at radius 1 is 1.19 bits per heavy atom. The Hall–Kier alpha value is -2.25. The lowest BCUT2D eigenvalue weighted by Crippen LogP contribution is -2.43. The van der Waals surface area contributed by atoms with Gasteiger partial charge in [0, 0.05) is 51.3 Å². The van der Waals surface area contributed by atoms with Crippen molar-refractivity contribution in [2.45, 2.75) is 17.2 Å². The Balaban J connectivity index is 0.00000341. The minimum absolute atomic E-state index is 0. The van der Waals surface area contributed by atoms with Crippen LogP contribution in [0.2, 0.25) is 0 Å². The first-order valence-electron chi connectivity index (χ1n) is 9.65. The molecule has 1 aliphatic heterocycles. The Kier molecular flexibility index (Phi) is 9.19. The van der Waals surface area contributed by atoms with E-state index in [0.717, 1.165) is 31.5 Å². The highest BCUT2D eigenvalue weighted by Gasteiger charge is 2.26. The molecule has 3 rings (SSSR count). The molecule has 0 amide bonds. The number of benzene rings is 2. The van der Waals surface area contributed by atoms with E-state index in [9.17, 15) is 18.5 Å². The van der Waals surface area contributed by atoms with Crippen LogP contribution in [0, 0.1) is 10.1 Å². The van der Waals surface area contributed by atoms with Crippen molar-refractivity contribution < 1.29 is 13.3 Å². The van der Waals surface area contributed by atoms with Crippen molar-refractivity contribution in [3.05, 3.63) is 70.3 Å². The van der Waals surface area contributed by atoms with Crippen LogP contribution in [0.15, 0.2) is 64.5 Å². The first kappa shape index (κ1) is 25.0. The average molecular weight is 559 g/mol. The summed E-state index contributed by atoms with van der Waals surface area (Å²) in [5, 5.41) is 14.0. The molecule has 0 aliphatic carbocycles. The van der Waals surface area contributed by atoms with Crippen LogP contribution in [0.4, 0.5) is 5.69 Å². The van der Waals surface area contributed by atoms with Crippen molar-refractivity contribution in [3.63, 3.8) is 0 Å². The zero-order valence-corrected chi connectivity index (χ0v) is 20.2. The number of nitro benzene ring substituents is 1. The van der Waals surface area contributed by atoms with Gasteiger partial charge in [-0.3, -0.25) is 15.1 Å². The molecule has 0 saturated carbocycles. The minimum Gasteiger partial charge on any atom is -0.355 e. The van der Waals surface area contributed by atoms with Crippen LogP contribution in [-0.4, -0.2) is 57.4 Å². The molecule has 2 aromatic rings. The number of nitrogens with one attached hydrogen (secondary N) is 2. The van der Waals surface area contributed by atoms with Crippen LogP contribution in [0.3, 0.4) is 0 Å². The number of nitro groups is 1. The molecule has 1 fully saturated rings. The third kappa shape index (κ3) is 6.61. The Morgan fingerprint density at radius 2 is 1.94 bits per heavy atom. The standard InChI is InChI=1S/C20H25N5O4S.HI/c1-21-20(24-13-10-17(15-24)16-6-3-2-4-7-16)22-11-12-23-30(28,29)19-9-5-8-18(14-19)25(26)27;/h2-9,14,17,23H,10-13,15H2,1H3,(H,21,22);1H. The summed E-state index contributed by atoms with van der Waals surface area (Å²) < 4.78 is 27.2. The maximum absolute atomic E-state index is 12.4. The highest BCUT2D eigenvalue weighted by Crippen LogP contribution is 2.26. The molecule has 0 bridgehead atoms. The maximum atomic E-state index is 12.4. The van der Waals surface area contributed by atoms with E-state index in [1.165, 1.54) is 23.8 Å². The summed E-state index contributed by atoms with van der Waals surface area (Å²) in [6.07, 6.45) is 1.03. The number of hydrogen-bond acceptors (Lipinski definition) is 5. The normalized spacial score (nSPS) is 16.6. The average Bonchev–Trinajstić information content (AvgIpc) is 3.24. The molecule has 1 atom stereocenters. The summed E-state index contributed by atoms with van der Waals surface area (Å²) in [5.74, 6) is 1.17. The minimum atomic E-state index is -3.83. The molecule has 0 radical (unpaired) electrons. The third-order valence-electron chi connectivity index (χ3n) is 5.01. The molecular weight excluding hydrogens is 533 g/mol. The molecule has 1 unspecified atom stereocenters. The van der Waals surface area contributed by atoms with E-state index in [4.69, 9.17) is 0 Å². The number of nitrogens with zero attached hydrogens (tertiary/aromatic N) is 3. The number of likely N-dealkylation sites (tertiary alicyclic amines) is 1. The molecular formula is C20H26IN5O4S. The molecule has 11 heteroatoms. The first-order chi connectivity index (χ1) is 14.4. The summed E-state index contributed by atoms with van der Waals surface area (Å²) in [7, 11) is -2.13. The highest BCUT2D eigenvalue weighted by atomic mass is 127. The highest BCUT2D eigenvalue weighted by molar-refractivity contribution is 14.0. The number of aliphatic imine (C=N–C) groups is 1. The third-order valence-corrected chi connectivity index (χ3v) is 6.47. The van der Waals surface area contributed by atoms with Gasteiger partial charge in [-0.15, -0.1) is 24.0 Å². The van der Waals surface area contributed by atoms with Gasteiger partial charge in [0.2, 0.25) is 10.0 Å². The lowest BCUT2D eigenvalue weighted by molar-refractivity contribution is -0.385. The zero-order valence-electron chi connectivity index (χ0n) is 17.1. The van der Waals surface area contributed by atoms with Crippen LogP contribution in [0.25, 0.3) is 0 Å². The maximum Gasteiger partial charge on any atom is 0.270 e. The fourth-order valence-electron chi connectivity index (χ4n) is 3.49. The molecule has 1 heterocycles. The summed E-state index contributed by atoms with van der Waals surface area (Å²) in [4.78, 5) is 16.6. The predicted octanol–water partition coefficient (Wildman–Crippen LogP) is 2.56. The molecule has 168 valence electrons. The summed E-state index contributed by atoms with van der Waals surface area (Å²) >= 11 is 0. The van der Waals surface area contributed by atoms with E-state index in [1.54, 1.807) is 7.05 Å². The molecule has 0 spiro atoms. The van der Waals surface area contributed by atoms with Gasteiger partial charge in [-0.1, -0.05) is 36.4 Å². The van der Waals surface area contributed by atoms with Gasteiger partial charge in [0.15, 0.2) is 5.96 Å². The van der Waals surface area contributed by atoms with Crippen molar-refractivity contribution in [3.8, 4) is 0 Å². The quantitative estimate of drug-likeness (QED) is 0.135. The lowest BCUT2D eigenvalue weighted by atomic mass is 9.99. The van der Waals surface area contributed by atoms with E-state index in [0.29, 0.717) is 12.5 Å². The predicted molar refractivity (Wildman–Crippen MR) is 130 cm³/mol. The van der Waals surface area contributed by atoms with Gasteiger partial charge in [0.1, 0.15) is 0 Å². The van der Waals surface area contributed by atoms with E-state index in [-0.39, 0.29) is 41.1 Å². The summed E-state index contributed by atoms with van der Waals surface area (Å²) in [5.41, 5.74) is 1.04. The Labute approximate surface area is 199 Å². The largest absolute Gasteiger partial charge is 0.355 e. The zero-order chi connectivity index (χ0) is 21.6. The van der Waals surface area contributed by atoms with Gasteiger partial charge in [0.05, 0.1) is 9.82 Å². The van der Waals surface area contributed by atoms with Gasteiger partial charge in [0.25, 0.3) is 5.69 Å². The molecule has 2 N–H and O–H groups in total. The monoisotopic (exact) mass is 559 g/mol. The second-order valence-electron chi connectivity index (χ2n) is 6.97. The van der Waals surface area contributed by atoms with E-state index in [2.05, 4.69) is 32.1 Å². The van der Waals surface area contributed by atoms with Crippen molar-refractivity contribution in [2.75, 3.05) is 33.2 Å². The van der Waals surface area contributed by atoms with Gasteiger partial charge < -0.3 is 10.2 Å². The number of non-ortho nitro benzene ring substituents is 1. The number of sulfonamides is 1. The molecule has 2 aromatic carbocycles. The lowest BCUT2D eigenvalue weighted by Gasteiger charge is -2.22. The van der Waals surface area contributed by atoms with Gasteiger partial charge in [-0.2, -0.15) is 0 Å². The fourth-order valence-corrected chi connectivity index (χ4v) is 4.56. The van der Waals surface area contributed by atoms with Crippen molar-refractivity contribution in [1.29, 1.82) is 0 Å². The smallest absolute Gasteiger partial charge is 0.270 e. The topological polar surface area (TPSA) is 117 Å². The molecule has 9 nitrogen and oxygen atoms in total. The summed E-state index contributed by atoms with van der Waals surface area (Å²) in [6, 6.07) is 15.3. The van der Waals surface area contributed by atoms with E-state index in [1.807, 2.05) is 18.2 Å². The number of guanidine groups is 1. The Morgan fingerprint density at radius 3 is 2.61 bits per heavy atom. The van der Waals surface area contributed by atoms with Crippen molar-refractivity contribution >= 4 is 45.6 Å². The van der Waals surface area contributed by atoms with Crippen LogP contribution in [-0.2, 0) is 10.0 Å². The van der Waals surface area contributed by atoms with Gasteiger partial charge >= 0.3 is 0 Å². The molecule has 0 aromatic heterocycles. The number of halogens is 1. The van der Waals surface area contributed by atoms with Crippen molar-refractivity contribution in [2.24, 2.45) is 4.99 Å². The second-order valence-corrected chi connectivity index (χ2v) is 8.74. The van der Waals surface area contributed by atoms with E-state index < -0.39 is 14.9 Å². The summed E-state index contributed by atoms with van der Waals surface area (Å²) in [6.45, 7) is 2.19. The van der Waals surface area contributed by atoms with Crippen LogP contribution >= 0.6 is 24.0 Å². The fraction of sp³-hybridized carbons (Fsp3) is 0.350. The van der Waals surface area contributed by atoms with Crippen LogP contribution in [0.5, 0.6) is 0 Å². The van der Waals surface area contributed by atoms with Crippen LogP contribution < -0.4 is 10.0 Å². The second kappa shape index (κ2) is 11.4. The molecule has 1 aliphatic rings. The SMILES string of the molecule is CN=C(NCCNS(=O)(=O)c1cccc([N+](=O)[O-])c1)N1CCC(c2ccccc2)C1.I. The van der Waals surface area contributed by atoms with E-state index >= 15 is 0 Å². The number of hydrogen-bond donors (Lipinski definition) is 2. The first-order valence-corrected chi connectivity index (χ1v) is 11.1. The van der Waals surface area contributed by atoms with Crippen LogP contribution in [0.1, 0.15) is 17.9 Å². The molecule has 1 saturated heterocycles.